The number of esters is 2. The van der Waals surface area contributed by atoms with Gasteiger partial charge < -0.3 is 19.7 Å². The van der Waals surface area contributed by atoms with Gasteiger partial charge in [0.15, 0.2) is 0 Å². The van der Waals surface area contributed by atoms with Crippen LogP contribution < -0.4 is 0 Å². The Morgan fingerprint density at radius 3 is 2.11 bits per heavy atom. The summed E-state index contributed by atoms with van der Waals surface area (Å²) < 4.78 is 9.93. The van der Waals surface area contributed by atoms with Crippen molar-refractivity contribution in [2.24, 2.45) is 0 Å². The lowest BCUT2D eigenvalue weighted by atomic mass is 10.1. The maximum absolute atomic E-state index is 11.3. The highest BCUT2D eigenvalue weighted by Crippen LogP contribution is 2.11. The van der Waals surface area contributed by atoms with Crippen LogP contribution in [-0.4, -0.2) is 47.1 Å². The monoisotopic (exact) mass is 276 g/mol. The fourth-order valence-electron chi connectivity index (χ4n) is 1.45. The third-order valence-electron chi connectivity index (χ3n) is 2.49. The number of aliphatic hydroxyl groups is 2. The molecule has 0 aromatic rings. The van der Waals surface area contributed by atoms with Crippen molar-refractivity contribution < 1.29 is 29.3 Å². The van der Waals surface area contributed by atoms with E-state index in [1.54, 1.807) is 0 Å². The Hall–Kier alpha value is -1.14. The van der Waals surface area contributed by atoms with Crippen LogP contribution in [0.3, 0.4) is 0 Å². The summed E-state index contributed by atoms with van der Waals surface area (Å²) in [6.45, 7) is 4.84. The van der Waals surface area contributed by atoms with Gasteiger partial charge in [0.1, 0.15) is 18.3 Å². The van der Waals surface area contributed by atoms with Crippen LogP contribution in [0.5, 0.6) is 0 Å². The van der Waals surface area contributed by atoms with Gasteiger partial charge in [-0.2, -0.15) is 0 Å². The lowest BCUT2D eigenvalue weighted by Crippen LogP contribution is -2.26. The Labute approximate surface area is 113 Å². The number of carbonyl (C=O) groups excluding carboxylic acids is 2. The summed E-state index contributed by atoms with van der Waals surface area (Å²) in [5, 5.41) is 18.0. The van der Waals surface area contributed by atoms with Crippen molar-refractivity contribution in [2.75, 3.05) is 6.61 Å². The molecule has 19 heavy (non-hydrogen) atoms. The lowest BCUT2D eigenvalue weighted by Gasteiger charge is -2.18. The zero-order valence-corrected chi connectivity index (χ0v) is 11.8. The summed E-state index contributed by atoms with van der Waals surface area (Å²) in [7, 11) is 0. The molecule has 0 aliphatic rings. The number of hydrogen-bond donors (Lipinski definition) is 2. The van der Waals surface area contributed by atoms with E-state index in [1.165, 1.54) is 13.8 Å². The van der Waals surface area contributed by atoms with Gasteiger partial charge in [-0.15, -0.1) is 0 Å². The van der Waals surface area contributed by atoms with Gasteiger partial charge in [0.05, 0.1) is 6.61 Å². The molecule has 6 nitrogen and oxygen atoms in total. The number of carbonyl (C=O) groups is 2. The van der Waals surface area contributed by atoms with E-state index in [0.29, 0.717) is 19.3 Å². The van der Waals surface area contributed by atoms with Crippen molar-refractivity contribution in [1.29, 1.82) is 0 Å². The fourth-order valence-corrected chi connectivity index (χ4v) is 1.45. The molecule has 2 N–H and O–H groups in total. The molecule has 3 atom stereocenters. The second-order valence-electron chi connectivity index (χ2n) is 4.51. The summed E-state index contributed by atoms with van der Waals surface area (Å²) in [4.78, 5) is 22.3. The zero-order chi connectivity index (χ0) is 14.8. The number of rotatable bonds is 9. The minimum Gasteiger partial charge on any atom is -0.464 e. The predicted octanol–water partition coefficient (Wildman–Crippen LogP) is 0.783. The van der Waals surface area contributed by atoms with Crippen molar-refractivity contribution in [2.45, 2.75) is 64.8 Å². The van der Waals surface area contributed by atoms with E-state index in [2.05, 4.69) is 0 Å². The van der Waals surface area contributed by atoms with E-state index in [4.69, 9.17) is 19.7 Å². The average molecular weight is 276 g/mol. The smallest absolute Gasteiger partial charge is 0.334 e. The molecule has 112 valence electrons. The standard InChI is InChI=1S/C13H24O6/c1-4-6-11(19-13(17)10(3)15)7-5-8-18-12(16)9(2)14/h9-11,14-15H,4-8H2,1-3H3. The zero-order valence-electron chi connectivity index (χ0n) is 11.8. The highest BCUT2D eigenvalue weighted by atomic mass is 16.6. The van der Waals surface area contributed by atoms with Crippen LogP contribution in [0.15, 0.2) is 0 Å². The molecule has 0 fully saturated rings. The van der Waals surface area contributed by atoms with Crippen LogP contribution in [-0.2, 0) is 19.1 Å². The third-order valence-corrected chi connectivity index (χ3v) is 2.49. The van der Waals surface area contributed by atoms with Gasteiger partial charge in [-0.25, -0.2) is 9.59 Å². The highest BCUT2D eigenvalue weighted by molar-refractivity contribution is 5.74. The molecule has 0 aromatic heterocycles. The molecule has 0 saturated heterocycles. The molecule has 0 spiro atoms. The quantitative estimate of drug-likeness (QED) is 0.477. The maximum Gasteiger partial charge on any atom is 0.334 e. The summed E-state index contributed by atoms with van der Waals surface area (Å²) in [6, 6.07) is 0. The van der Waals surface area contributed by atoms with Crippen molar-refractivity contribution in [3.63, 3.8) is 0 Å². The summed E-state index contributed by atoms with van der Waals surface area (Å²) in [6.07, 6.45) is 0.105. The van der Waals surface area contributed by atoms with Crippen LogP contribution in [0.2, 0.25) is 0 Å². The number of ether oxygens (including phenoxy) is 2. The average Bonchev–Trinajstić information content (AvgIpc) is 2.33. The molecule has 0 radical (unpaired) electrons. The van der Waals surface area contributed by atoms with Gasteiger partial charge in [0, 0.05) is 0 Å². The second kappa shape index (κ2) is 9.75. The third kappa shape index (κ3) is 8.56. The first-order chi connectivity index (χ1) is 8.88. The lowest BCUT2D eigenvalue weighted by molar-refractivity contribution is -0.160. The molecule has 0 amide bonds. The molecule has 0 saturated carbocycles. The van der Waals surface area contributed by atoms with E-state index >= 15 is 0 Å². The van der Waals surface area contributed by atoms with Crippen LogP contribution in [0.25, 0.3) is 0 Å². The van der Waals surface area contributed by atoms with Crippen LogP contribution >= 0.6 is 0 Å². The molecular weight excluding hydrogens is 252 g/mol. The van der Waals surface area contributed by atoms with E-state index in [9.17, 15) is 9.59 Å². The Kier molecular flexibility index (Phi) is 9.16. The minimum absolute atomic E-state index is 0.177. The van der Waals surface area contributed by atoms with Crippen LogP contribution in [0.1, 0.15) is 46.5 Å². The van der Waals surface area contributed by atoms with Crippen molar-refractivity contribution in [3.8, 4) is 0 Å². The fraction of sp³-hybridized carbons (Fsp3) is 0.846. The number of hydrogen-bond acceptors (Lipinski definition) is 6. The van der Waals surface area contributed by atoms with Gasteiger partial charge in [-0.3, -0.25) is 0 Å². The first-order valence-corrected chi connectivity index (χ1v) is 6.61. The Bertz CT molecular complexity index is 274. The summed E-state index contributed by atoms with van der Waals surface area (Å²) in [5.41, 5.74) is 0. The summed E-state index contributed by atoms with van der Waals surface area (Å²) >= 11 is 0. The van der Waals surface area contributed by atoms with E-state index < -0.39 is 24.1 Å². The van der Waals surface area contributed by atoms with Gasteiger partial charge in [-0.1, -0.05) is 13.3 Å². The van der Waals surface area contributed by atoms with Crippen LogP contribution in [0.4, 0.5) is 0 Å². The Balaban J connectivity index is 3.95. The topological polar surface area (TPSA) is 93.1 Å². The van der Waals surface area contributed by atoms with Crippen molar-refractivity contribution in [3.05, 3.63) is 0 Å². The van der Waals surface area contributed by atoms with E-state index in [1.807, 2.05) is 6.92 Å². The minimum atomic E-state index is -1.13. The normalized spacial score (nSPS) is 15.4. The molecular formula is C13H24O6. The van der Waals surface area contributed by atoms with Gasteiger partial charge in [0.2, 0.25) is 0 Å². The molecule has 0 aliphatic heterocycles. The molecule has 3 unspecified atom stereocenters. The van der Waals surface area contributed by atoms with E-state index in [-0.39, 0.29) is 12.7 Å². The Morgan fingerprint density at radius 1 is 1.05 bits per heavy atom. The molecule has 0 heterocycles. The first-order valence-electron chi connectivity index (χ1n) is 6.61. The first kappa shape index (κ1) is 17.9. The molecule has 0 aliphatic carbocycles. The molecule has 6 heteroatoms. The predicted molar refractivity (Wildman–Crippen MR) is 68.3 cm³/mol. The molecule has 0 rings (SSSR count). The van der Waals surface area contributed by atoms with Crippen molar-refractivity contribution in [1.82, 2.24) is 0 Å². The van der Waals surface area contributed by atoms with Crippen molar-refractivity contribution >= 4 is 11.9 Å². The molecule has 0 bridgehead atoms. The highest BCUT2D eigenvalue weighted by Gasteiger charge is 2.17. The largest absolute Gasteiger partial charge is 0.464 e. The van der Waals surface area contributed by atoms with E-state index in [0.717, 1.165) is 6.42 Å². The van der Waals surface area contributed by atoms with Gasteiger partial charge >= 0.3 is 11.9 Å². The number of aliphatic hydroxyl groups excluding tert-OH is 2. The van der Waals surface area contributed by atoms with Crippen LogP contribution in [0, 0.1) is 0 Å². The maximum atomic E-state index is 11.3. The second-order valence-corrected chi connectivity index (χ2v) is 4.51. The Morgan fingerprint density at radius 2 is 1.63 bits per heavy atom. The summed E-state index contributed by atoms with van der Waals surface area (Å²) in [5.74, 6) is -1.30. The van der Waals surface area contributed by atoms with Gasteiger partial charge in [-0.05, 0) is 33.1 Å². The van der Waals surface area contributed by atoms with Gasteiger partial charge in [0.25, 0.3) is 0 Å². The molecule has 0 aromatic carbocycles. The SMILES string of the molecule is CCCC(CCCOC(=O)C(C)O)OC(=O)C(C)O.